The first-order valence-electron chi connectivity index (χ1n) is 10.5. The van der Waals surface area contributed by atoms with Gasteiger partial charge in [0.2, 0.25) is 0 Å². The van der Waals surface area contributed by atoms with Crippen molar-refractivity contribution in [3.8, 4) is 11.5 Å². The van der Waals surface area contributed by atoms with E-state index in [0.29, 0.717) is 21.7 Å². The molecule has 0 fully saturated rings. The topological polar surface area (TPSA) is 77.4 Å². The van der Waals surface area contributed by atoms with Crippen LogP contribution in [0.4, 0.5) is 37.8 Å². The standard InChI is InChI=1S/C23H20F6N4O3/c1-35-17-7-6-12(8-18(17)36-2)16-10-19(23(27,28)29)33-20(32-16)15(11-30-33)21(34)31-14-5-3-4-13(9-14)22(24,25)26/h3-9,11,16,19,32H,10H2,1-2H3,(H,31,34)/t16-,19+/m1/s1. The van der Waals surface area contributed by atoms with E-state index in [1.165, 1.54) is 26.4 Å². The van der Waals surface area contributed by atoms with Gasteiger partial charge in [-0.2, -0.15) is 31.4 Å². The number of methoxy groups -OCH3 is 2. The number of ether oxygens (including phenoxy) is 2. The van der Waals surface area contributed by atoms with Gasteiger partial charge in [0.1, 0.15) is 11.4 Å². The predicted octanol–water partition coefficient (Wildman–Crippen LogP) is 5.83. The van der Waals surface area contributed by atoms with Crippen molar-refractivity contribution in [3.63, 3.8) is 0 Å². The Labute approximate surface area is 201 Å². The summed E-state index contributed by atoms with van der Waals surface area (Å²) in [4.78, 5) is 12.9. The zero-order valence-corrected chi connectivity index (χ0v) is 18.9. The van der Waals surface area contributed by atoms with Gasteiger partial charge in [-0.3, -0.25) is 4.79 Å². The first-order valence-corrected chi connectivity index (χ1v) is 10.5. The number of carbonyl (C=O) groups excluding carboxylic acids is 1. The van der Waals surface area contributed by atoms with E-state index in [1.54, 1.807) is 12.1 Å². The maximum Gasteiger partial charge on any atom is 0.416 e. The van der Waals surface area contributed by atoms with E-state index in [-0.39, 0.29) is 17.1 Å². The normalized spacial score (nSPS) is 17.7. The van der Waals surface area contributed by atoms with Crippen LogP contribution in [0.1, 0.15) is 40.0 Å². The van der Waals surface area contributed by atoms with Gasteiger partial charge in [0, 0.05) is 12.1 Å². The number of fused-ring (bicyclic) bond motifs is 1. The molecule has 0 aliphatic carbocycles. The summed E-state index contributed by atoms with van der Waals surface area (Å²) in [6.07, 6.45) is -8.80. The molecule has 0 radical (unpaired) electrons. The monoisotopic (exact) mass is 514 g/mol. The number of hydrogen-bond acceptors (Lipinski definition) is 5. The number of anilines is 2. The number of benzene rings is 2. The number of aromatic nitrogens is 2. The van der Waals surface area contributed by atoms with Gasteiger partial charge in [0.25, 0.3) is 5.91 Å². The molecule has 1 aromatic heterocycles. The molecule has 4 rings (SSSR count). The van der Waals surface area contributed by atoms with Crippen LogP contribution >= 0.6 is 0 Å². The summed E-state index contributed by atoms with van der Waals surface area (Å²) in [5.74, 6) is -0.442. The van der Waals surface area contributed by atoms with Crippen molar-refractivity contribution < 1.29 is 40.6 Å². The van der Waals surface area contributed by atoms with E-state index in [0.717, 1.165) is 24.4 Å². The summed E-state index contributed by atoms with van der Waals surface area (Å²) in [7, 11) is 2.81. The molecule has 0 bridgehead atoms. The van der Waals surface area contributed by atoms with Gasteiger partial charge in [-0.05, 0) is 35.9 Å². The second-order valence-corrected chi connectivity index (χ2v) is 7.99. The maximum absolute atomic E-state index is 13.9. The largest absolute Gasteiger partial charge is 0.493 e. The smallest absolute Gasteiger partial charge is 0.416 e. The Kier molecular flexibility index (Phi) is 6.50. The minimum absolute atomic E-state index is 0.172. The molecular weight excluding hydrogens is 494 g/mol. The number of hydrogen-bond donors (Lipinski definition) is 2. The summed E-state index contributed by atoms with van der Waals surface area (Å²) >= 11 is 0. The first kappa shape index (κ1) is 25.2. The highest BCUT2D eigenvalue weighted by Gasteiger charge is 2.47. The van der Waals surface area contributed by atoms with E-state index in [4.69, 9.17) is 9.47 Å². The molecular formula is C23H20F6N4O3. The summed E-state index contributed by atoms with van der Waals surface area (Å²) < 4.78 is 91.9. The van der Waals surface area contributed by atoms with Gasteiger partial charge in [0.15, 0.2) is 17.5 Å². The number of alkyl halides is 6. The summed E-state index contributed by atoms with van der Waals surface area (Å²) in [5, 5.41) is 8.98. The third-order valence-corrected chi connectivity index (χ3v) is 5.74. The molecule has 2 atom stereocenters. The third kappa shape index (κ3) is 4.90. The lowest BCUT2D eigenvalue weighted by Crippen LogP contribution is -2.36. The SMILES string of the molecule is COc1ccc([C@H]2C[C@@H](C(F)(F)F)n3ncc(C(=O)Nc4cccc(C(F)(F)F)c4)c3N2)cc1OC. The molecule has 0 spiro atoms. The van der Waals surface area contributed by atoms with E-state index in [1.807, 2.05) is 0 Å². The molecule has 2 aromatic carbocycles. The number of nitrogens with one attached hydrogen (secondary N) is 2. The molecule has 3 aromatic rings. The van der Waals surface area contributed by atoms with Crippen LogP contribution in [0, 0.1) is 0 Å². The number of halogens is 6. The van der Waals surface area contributed by atoms with Crippen molar-refractivity contribution in [2.45, 2.75) is 30.9 Å². The van der Waals surface area contributed by atoms with E-state index < -0.39 is 42.3 Å². The molecule has 0 saturated carbocycles. The zero-order chi connectivity index (χ0) is 26.3. The maximum atomic E-state index is 13.9. The number of nitrogens with zero attached hydrogens (tertiary/aromatic N) is 2. The van der Waals surface area contributed by atoms with Gasteiger partial charge in [-0.15, -0.1) is 0 Å². The van der Waals surface area contributed by atoms with Crippen molar-refractivity contribution in [1.82, 2.24) is 9.78 Å². The third-order valence-electron chi connectivity index (χ3n) is 5.74. The fourth-order valence-electron chi connectivity index (χ4n) is 3.99. The van der Waals surface area contributed by atoms with E-state index in [2.05, 4.69) is 15.7 Å². The summed E-state index contributed by atoms with van der Waals surface area (Å²) in [5.41, 5.74) is -0.971. The summed E-state index contributed by atoms with van der Waals surface area (Å²) in [6, 6.07) is 5.61. The first-order chi connectivity index (χ1) is 16.9. The van der Waals surface area contributed by atoms with Crippen LogP contribution in [-0.2, 0) is 6.18 Å². The van der Waals surface area contributed by atoms with Gasteiger partial charge >= 0.3 is 12.4 Å². The Bertz CT molecular complexity index is 1270. The highest BCUT2D eigenvalue weighted by Crippen LogP contribution is 2.45. The van der Waals surface area contributed by atoms with Gasteiger partial charge in [-0.1, -0.05) is 12.1 Å². The number of carbonyl (C=O) groups is 1. The highest BCUT2D eigenvalue weighted by molar-refractivity contribution is 6.07. The minimum Gasteiger partial charge on any atom is -0.493 e. The number of rotatable bonds is 5. The van der Waals surface area contributed by atoms with Crippen LogP contribution in [0.2, 0.25) is 0 Å². The zero-order valence-electron chi connectivity index (χ0n) is 18.9. The van der Waals surface area contributed by atoms with Crippen molar-refractivity contribution in [3.05, 3.63) is 65.4 Å². The molecule has 7 nitrogen and oxygen atoms in total. The molecule has 2 N–H and O–H groups in total. The molecule has 1 aliphatic heterocycles. The Hall–Kier alpha value is -3.90. The van der Waals surface area contributed by atoms with Crippen LogP contribution in [0.25, 0.3) is 0 Å². The fraction of sp³-hybridized carbons (Fsp3) is 0.304. The van der Waals surface area contributed by atoms with Crippen LogP contribution in [0.15, 0.2) is 48.7 Å². The Morgan fingerprint density at radius 1 is 1.06 bits per heavy atom. The Balaban J connectivity index is 1.68. The Morgan fingerprint density at radius 3 is 2.42 bits per heavy atom. The van der Waals surface area contributed by atoms with Crippen molar-refractivity contribution >= 4 is 17.4 Å². The van der Waals surface area contributed by atoms with Gasteiger partial charge < -0.3 is 20.1 Å². The Morgan fingerprint density at radius 2 is 1.78 bits per heavy atom. The van der Waals surface area contributed by atoms with Gasteiger partial charge in [0.05, 0.1) is 32.0 Å². The minimum atomic E-state index is -4.69. The van der Waals surface area contributed by atoms with Crippen LogP contribution in [0.3, 0.4) is 0 Å². The second-order valence-electron chi connectivity index (χ2n) is 7.99. The lowest BCUT2D eigenvalue weighted by Gasteiger charge is -2.34. The van der Waals surface area contributed by atoms with Crippen molar-refractivity contribution in [2.24, 2.45) is 0 Å². The molecule has 2 heterocycles. The second kappa shape index (κ2) is 9.28. The van der Waals surface area contributed by atoms with Crippen LogP contribution in [-0.4, -0.2) is 36.1 Å². The molecule has 1 aliphatic rings. The molecule has 0 unspecified atom stereocenters. The fourth-order valence-corrected chi connectivity index (χ4v) is 3.99. The van der Waals surface area contributed by atoms with E-state index >= 15 is 0 Å². The quantitative estimate of drug-likeness (QED) is 0.419. The molecule has 1 amide bonds. The van der Waals surface area contributed by atoms with Gasteiger partial charge in [-0.25, -0.2) is 4.68 Å². The molecule has 0 saturated heterocycles. The molecule has 36 heavy (non-hydrogen) atoms. The lowest BCUT2D eigenvalue weighted by atomic mass is 9.96. The van der Waals surface area contributed by atoms with Crippen LogP contribution < -0.4 is 20.1 Å². The van der Waals surface area contributed by atoms with Crippen molar-refractivity contribution in [1.29, 1.82) is 0 Å². The predicted molar refractivity (Wildman–Crippen MR) is 117 cm³/mol. The van der Waals surface area contributed by atoms with Crippen molar-refractivity contribution in [2.75, 3.05) is 24.9 Å². The van der Waals surface area contributed by atoms with Crippen LogP contribution in [0.5, 0.6) is 11.5 Å². The summed E-state index contributed by atoms with van der Waals surface area (Å²) in [6.45, 7) is 0. The number of amides is 1. The average molecular weight is 514 g/mol. The molecule has 13 heteroatoms. The molecule has 192 valence electrons. The van der Waals surface area contributed by atoms with E-state index in [9.17, 15) is 31.1 Å². The highest BCUT2D eigenvalue weighted by atomic mass is 19.4. The lowest BCUT2D eigenvalue weighted by molar-refractivity contribution is -0.173. The average Bonchev–Trinajstić information content (AvgIpc) is 3.26.